The maximum atomic E-state index is 10.2. The molecular formula is C10H20O4. The lowest BCUT2D eigenvalue weighted by Crippen LogP contribution is -2.09. The smallest absolute Gasteiger partial charge is 0.134 e. The van der Waals surface area contributed by atoms with Crippen molar-refractivity contribution in [2.75, 3.05) is 13.2 Å². The Kier molecular flexibility index (Phi) is 9.93. The predicted molar refractivity (Wildman–Crippen MR) is 53.9 cm³/mol. The van der Waals surface area contributed by atoms with Crippen molar-refractivity contribution >= 4 is 11.6 Å². The summed E-state index contributed by atoms with van der Waals surface area (Å²) in [7, 11) is 0. The first-order valence-electron chi connectivity index (χ1n) is 4.59. The quantitative estimate of drug-likeness (QED) is 0.695. The number of aliphatic hydroxyl groups excluding tert-OH is 2. The molecule has 0 aromatic rings. The van der Waals surface area contributed by atoms with Crippen LogP contribution in [-0.2, 0) is 9.59 Å². The van der Waals surface area contributed by atoms with Crippen LogP contribution in [0.1, 0.15) is 27.7 Å². The number of Topliss-reactive ketones (excluding diaryl/α,β-unsaturated/α-hetero) is 2. The second kappa shape index (κ2) is 8.84. The van der Waals surface area contributed by atoms with Crippen molar-refractivity contribution in [1.29, 1.82) is 0 Å². The van der Waals surface area contributed by atoms with Gasteiger partial charge in [-0.05, 0) is 13.8 Å². The zero-order valence-corrected chi connectivity index (χ0v) is 9.28. The first-order valence-corrected chi connectivity index (χ1v) is 4.59. The zero-order valence-electron chi connectivity index (χ0n) is 9.28. The third kappa shape index (κ3) is 9.35. The second-order valence-corrected chi connectivity index (χ2v) is 3.39. The molecule has 84 valence electrons. The number of hydrogen-bond acceptors (Lipinski definition) is 4. The second-order valence-electron chi connectivity index (χ2n) is 3.39. The summed E-state index contributed by atoms with van der Waals surface area (Å²) in [5.41, 5.74) is 0. The normalized spacial score (nSPS) is 13.6. The van der Waals surface area contributed by atoms with E-state index < -0.39 is 0 Å². The summed E-state index contributed by atoms with van der Waals surface area (Å²) in [6, 6.07) is 0. The Hall–Kier alpha value is -0.740. The number of carbonyl (C=O) groups excluding carboxylic acids is 2. The molecule has 2 atom stereocenters. The standard InChI is InChI=1S/2C5H10O2/c2*1-4(3-6)5(2)7/h2*4,6H,3H2,1-2H3. The van der Waals surface area contributed by atoms with Crippen LogP contribution in [0, 0.1) is 11.8 Å². The van der Waals surface area contributed by atoms with E-state index in [-0.39, 0.29) is 36.6 Å². The summed E-state index contributed by atoms with van der Waals surface area (Å²) < 4.78 is 0. The highest BCUT2D eigenvalue weighted by Gasteiger charge is 2.03. The van der Waals surface area contributed by atoms with Crippen LogP contribution in [0.5, 0.6) is 0 Å². The van der Waals surface area contributed by atoms with Crippen molar-refractivity contribution in [2.45, 2.75) is 27.7 Å². The van der Waals surface area contributed by atoms with E-state index in [0.717, 1.165) is 0 Å². The van der Waals surface area contributed by atoms with Gasteiger partial charge in [-0.1, -0.05) is 13.8 Å². The van der Waals surface area contributed by atoms with Crippen LogP contribution in [0.2, 0.25) is 0 Å². The van der Waals surface area contributed by atoms with Gasteiger partial charge in [0.1, 0.15) is 11.6 Å². The Bertz CT molecular complexity index is 157. The molecule has 0 heterocycles. The van der Waals surface area contributed by atoms with Crippen LogP contribution in [0.15, 0.2) is 0 Å². The Morgan fingerprint density at radius 1 is 0.929 bits per heavy atom. The van der Waals surface area contributed by atoms with Gasteiger partial charge in [-0.25, -0.2) is 0 Å². The Morgan fingerprint density at radius 3 is 1.14 bits per heavy atom. The van der Waals surface area contributed by atoms with Crippen LogP contribution in [0.25, 0.3) is 0 Å². The van der Waals surface area contributed by atoms with E-state index in [4.69, 9.17) is 10.2 Å². The van der Waals surface area contributed by atoms with Gasteiger partial charge in [-0.3, -0.25) is 9.59 Å². The van der Waals surface area contributed by atoms with E-state index in [1.165, 1.54) is 13.8 Å². The molecule has 0 aromatic heterocycles. The first kappa shape index (κ1) is 15.7. The number of aliphatic hydroxyl groups is 2. The minimum absolute atomic E-state index is 0.0324. The Labute approximate surface area is 84.9 Å². The van der Waals surface area contributed by atoms with Gasteiger partial charge in [0.15, 0.2) is 0 Å². The minimum Gasteiger partial charge on any atom is -0.396 e. The lowest BCUT2D eigenvalue weighted by atomic mass is 10.1. The van der Waals surface area contributed by atoms with Gasteiger partial charge in [0, 0.05) is 11.8 Å². The lowest BCUT2D eigenvalue weighted by molar-refractivity contribution is -0.122. The topological polar surface area (TPSA) is 74.6 Å². The lowest BCUT2D eigenvalue weighted by Gasteiger charge is -1.97. The summed E-state index contributed by atoms with van der Waals surface area (Å²) in [5, 5.41) is 16.6. The minimum atomic E-state index is -0.181. The summed E-state index contributed by atoms with van der Waals surface area (Å²) in [6.07, 6.45) is 0. The molecule has 0 spiro atoms. The average Bonchev–Trinajstić information content (AvgIpc) is 2.15. The molecule has 0 bridgehead atoms. The van der Waals surface area contributed by atoms with Crippen LogP contribution >= 0.6 is 0 Å². The molecule has 2 N–H and O–H groups in total. The molecule has 0 amide bonds. The number of hydrogen-bond donors (Lipinski definition) is 2. The molecule has 0 saturated carbocycles. The SMILES string of the molecule is CC(=O)C(C)CO.CC(=O)C(C)CO. The maximum Gasteiger partial charge on any atom is 0.134 e. The van der Waals surface area contributed by atoms with E-state index >= 15 is 0 Å². The summed E-state index contributed by atoms with van der Waals surface area (Å²) in [6.45, 7) is 6.27. The van der Waals surface area contributed by atoms with E-state index in [0.29, 0.717) is 0 Å². The molecule has 0 saturated heterocycles. The molecule has 4 nitrogen and oxygen atoms in total. The molecule has 0 rings (SSSR count). The van der Waals surface area contributed by atoms with Crippen molar-refractivity contribution in [3.63, 3.8) is 0 Å². The fourth-order valence-electron chi connectivity index (χ4n) is 0.257. The molecule has 0 aromatic carbocycles. The molecule has 14 heavy (non-hydrogen) atoms. The highest BCUT2D eigenvalue weighted by Crippen LogP contribution is 1.91. The highest BCUT2D eigenvalue weighted by molar-refractivity contribution is 5.78. The summed E-state index contributed by atoms with van der Waals surface area (Å²) >= 11 is 0. The van der Waals surface area contributed by atoms with Gasteiger partial charge in [0.05, 0.1) is 13.2 Å². The third-order valence-electron chi connectivity index (χ3n) is 1.94. The van der Waals surface area contributed by atoms with Gasteiger partial charge in [0.2, 0.25) is 0 Å². The van der Waals surface area contributed by atoms with E-state index in [1.807, 2.05) is 0 Å². The first-order chi connectivity index (χ1) is 6.36. The largest absolute Gasteiger partial charge is 0.396 e. The highest BCUT2D eigenvalue weighted by atomic mass is 16.3. The van der Waals surface area contributed by atoms with E-state index in [2.05, 4.69) is 0 Å². The van der Waals surface area contributed by atoms with Crippen LogP contribution in [-0.4, -0.2) is 35.0 Å². The van der Waals surface area contributed by atoms with Crippen molar-refractivity contribution in [2.24, 2.45) is 11.8 Å². The summed E-state index contributed by atoms with van der Waals surface area (Å²) in [5.74, 6) is -0.273. The Morgan fingerprint density at radius 2 is 1.14 bits per heavy atom. The fraction of sp³-hybridized carbons (Fsp3) is 0.800. The van der Waals surface area contributed by atoms with Crippen molar-refractivity contribution < 1.29 is 19.8 Å². The van der Waals surface area contributed by atoms with Crippen molar-refractivity contribution in [3.05, 3.63) is 0 Å². The monoisotopic (exact) mass is 204 g/mol. The van der Waals surface area contributed by atoms with Crippen LogP contribution in [0.3, 0.4) is 0 Å². The molecule has 0 aliphatic rings. The number of rotatable bonds is 4. The maximum absolute atomic E-state index is 10.2. The van der Waals surface area contributed by atoms with Crippen LogP contribution in [0.4, 0.5) is 0 Å². The van der Waals surface area contributed by atoms with Gasteiger partial charge in [-0.15, -0.1) is 0 Å². The molecular weight excluding hydrogens is 184 g/mol. The molecule has 0 fully saturated rings. The van der Waals surface area contributed by atoms with Gasteiger partial charge < -0.3 is 10.2 Å². The number of carbonyl (C=O) groups is 2. The molecule has 0 aliphatic carbocycles. The van der Waals surface area contributed by atoms with Gasteiger partial charge in [0.25, 0.3) is 0 Å². The Balaban J connectivity index is 0. The van der Waals surface area contributed by atoms with Gasteiger partial charge >= 0.3 is 0 Å². The third-order valence-corrected chi connectivity index (χ3v) is 1.94. The van der Waals surface area contributed by atoms with E-state index in [1.54, 1.807) is 13.8 Å². The number of ketones is 2. The average molecular weight is 204 g/mol. The molecule has 4 heteroatoms. The molecule has 0 aliphatic heterocycles. The van der Waals surface area contributed by atoms with E-state index in [9.17, 15) is 9.59 Å². The summed E-state index contributed by atoms with van der Waals surface area (Å²) in [4.78, 5) is 20.4. The predicted octanol–water partition coefficient (Wildman–Crippen LogP) is 0.408. The van der Waals surface area contributed by atoms with Gasteiger partial charge in [-0.2, -0.15) is 0 Å². The van der Waals surface area contributed by atoms with Crippen molar-refractivity contribution in [3.8, 4) is 0 Å². The van der Waals surface area contributed by atoms with Crippen molar-refractivity contribution in [1.82, 2.24) is 0 Å². The molecule has 0 radical (unpaired) electrons. The van der Waals surface area contributed by atoms with Crippen LogP contribution < -0.4 is 0 Å². The molecule has 2 unspecified atom stereocenters. The fourth-order valence-corrected chi connectivity index (χ4v) is 0.257. The zero-order chi connectivity index (χ0) is 11.7.